The first-order chi connectivity index (χ1) is 8.09. The summed E-state index contributed by atoms with van der Waals surface area (Å²) in [4.78, 5) is 19.7. The molecule has 0 spiro atoms. The Labute approximate surface area is 112 Å². The molecule has 0 saturated heterocycles. The number of benzene rings is 1. The van der Waals surface area contributed by atoms with Crippen molar-refractivity contribution in [3.8, 4) is 0 Å². The van der Waals surface area contributed by atoms with E-state index in [4.69, 9.17) is 34.8 Å². The summed E-state index contributed by atoms with van der Waals surface area (Å²) in [6.45, 7) is 0. The quantitative estimate of drug-likeness (QED) is 0.792. The lowest BCUT2D eigenvalue weighted by molar-refractivity contribution is 0.103. The molecule has 0 aliphatic rings. The zero-order chi connectivity index (χ0) is 12.4. The molecule has 0 aliphatic carbocycles. The lowest BCUT2D eigenvalue weighted by Crippen LogP contribution is -2.06. The summed E-state index contributed by atoms with van der Waals surface area (Å²) in [6, 6.07) is 6.65. The summed E-state index contributed by atoms with van der Waals surface area (Å²) in [6.07, 6.45) is 1.26. The standard InChI is InChI=1S/C11H5Cl3N2O/c12-7-4-2-1-3-6(7)10(17)9-11(14)16-8(13)5-15-9/h1-5H. The van der Waals surface area contributed by atoms with E-state index < -0.39 is 0 Å². The molecule has 6 heteroatoms. The van der Waals surface area contributed by atoms with E-state index in [0.29, 0.717) is 10.6 Å². The van der Waals surface area contributed by atoms with Crippen LogP contribution in [0.3, 0.4) is 0 Å². The monoisotopic (exact) mass is 286 g/mol. The molecular weight excluding hydrogens is 282 g/mol. The second-order valence-corrected chi connectivity index (χ2v) is 4.29. The molecule has 2 rings (SSSR count). The molecule has 3 nitrogen and oxygen atoms in total. The Morgan fingerprint density at radius 2 is 1.82 bits per heavy atom. The number of hydrogen-bond donors (Lipinski definition) is 0. The highest BCUT2D eigenvalue weighted by molar-refractivity contribution is 6.37. The molecule has 0 unspecified atom stereocenters. The molecule has 1 heterocycles. The number of carbonyl (C=O) groups excluding carboxylic acids is 1. The van der Waals surface area contributed by atoms with E-state index >= 15 is 0 Å². The van der Waals surface area contributed by atoms with Crippen molar-refractivity contribution in [3.05, 3.63) is 57.0 Å². The van der Waals surface area contributed by atoms with Crippen molar-refractivity contribution in [3.63, 3.8) is 0 Å². The Morgan fingerprint density at radius 3 is 2.47 bits per heavy atom. The number of ketones is 1. The number of halogens is 3. The van der Waals surface area contributed by atoms with Crippen LogP contribution >= 0.6 is 34.8 Å². The van der Waals surface area contributed by atoms with Gasteiger partial charge in [-0.05, 0) is 12.1 Å². The molecule has 2 aromatic rings. The Kier molecular flexibility index (Phi) is 3.62. The highest BCUT2D eigenvalue weighted by Crippen LogP contribution is 2.22. The van der Waals surface area contributed by atoms with Crippen LogP contribution in [-0.4, -0.2) is 15.8 Å². The van der Waals surface area contributed by atoms with Crippen LogP contribution in [0.25, 0.3) is 0 Å². The lowest BCUT2D eigenvalue weighted by atomic mass is 10.1. The van der Waals surface area contributed by atoms with Crippen LogP contribution in [-0.2, 0) is 0 Å². The molecule has 0 radical (unpaired) electrons. The number of nitrogens with zero attached hydrogens (tertiary/aromatic N) is 2. The number of aromatic nitrogens is 2. The van der Waals surface area contributed by atoms with Crippen molar-refractivity contribution < 1.29 is 4.79 Å². The first kappa shape index (κ1) is 12.3. The molecule has 0 saturated carbocycles. The van der Waals surface area contributed by atoms with Crippen LogP contribution in [0.5, 0.6) is 0 Å². The second kappa shape index (κ2) is 5.00. The van der Waals surface area contributed by atoms with Gasteiger partial charge < -0.3 is 0 Å². The number of rotatable bonds is 2. The third-order valence-electron chi connectivity index (χ3n) is 2.03. The van der Waals surface area contributed by atoms with Crippen LogP contribution < -0.4 is 0 Å². The molecule has 86 valence electrons. The van der Waals surface area contributed by atoms with Crippen molar-refractivity contribution >= 4 is 40.6 Å². The van der Waals surface area contributed by atoms with Crippen molar-refractivity contribution in [2.45, 2.75) is 0 Å². The SMILES string of the molecule is O=C(c1ccccc1Cl)c1ncc(Cl)nc1Cl. The van der Waals surface area contributed by atoms with Crippen molar-refractivity contribution in [1.29, 1.82) is 0 Å². The minimum Gasteiger partial charge on any atom is -0.287 e. The molecular formula is C11H5Cl3N2O. The van der Waals surface area contributed by atoms with Gasteiger partial charge in [0.2, 0.25) is 5.78 Å². The Hall–Kier alpha value is -1.16. The van der Waals surface area contributed by atoms with Gasteiger partial charge in [-0.3, -0.25) is 4.79 Å². The molecule has 0 fully saturated rings. The van der Waals surface area contributed by atoms with E-state index in [1.807, 2.05) is 0 Å². The van der Waals surface area contributed by atoms with Gasteiger partial charge in [0.05, 0.1) is 11.2 Å². The van der Waals surface area contributed by atoms with Gasteiger partial charge in [0, 0.05) is 5.56 Å². The maximum atomic E-state index is 12.1. The van der Waals surface area contributed by atoms with Gasteiger partial charge in [-0.1, -0.05) is 46.9 Å². The molecule has 1 aromatic heterocycles. The molecule has 0 aliphatic heterocycles. The van der Waals surface area contributed by atoms with Gasteiger partial charge in [-0.2, -0.15) is 0 Å². The van der Waals surface area contributed by atoms with E-state index in [1.165, 1.54) is 6.20 Å². The smallest absolute Gasteiger partial charge is 0.216 e. The summed E-state index contributed by atoms with van der Waals surface area (Å²) < 4.78 is 0. The molecule has 0 bridgehead atoms. The topological polar surface area (TPSA) is 42.9 Å². The molecule has 1 aromatic carbocycles. The van der Waals surface area contributed by atoms with E-state index in [0.717, 1.165) is 0 Å². The largest absolute Gasteiger partial charge is 0.287 e. The normalized spacial score (nSPS) is 10.3. The number of carbonyl (C=O) groups is 1. The predicted octanol–water partition coefficient (Wildman–Crippen LogP) is 3.67. The van der Waals surface area contributed by atoms with Crippen molar-refractivity contribution in [2.75, 3.05) is 0 Å². The Balaban J connectivity index is 2.48. The van der Waals surface area contributed by atoms with Crippen LogP contribution in [0.2, 0.25) is 15.3 Å². The summed E-state index contributed by atoms with van der Waals surface area (Å²) in [5.74, 6) is -0.384. The Morgan fingerprint density at radius 1 is 1.12 bits per heavy atom. The van der Waals surface area contributed by atoms with Crippen LogP contribution in [0.4, 0.5) is 0 Å². The van der Waals surface area contributed by atoms with E-state index in [2.05, 4.69) is 9.97 Å². The van der Waals surface area contributed by atoms with E-state index in [1.54, 1.807) is 24.3 Å². The highest BCUT2D eigenvalue weighted by atomic mass is 35.5. The van der Waals surface area contributed by atoms with Gasteiger partial charge in [0.1, 0.15) is 10.8 Å². The van der Waals surface area contributed by atoms with Crippen molar-refractivity contribution in [2.24, 2.45) is 0 Å². The molecule has 17 heavy (non-hydrogen) atoms. The number of hydrogen-bond acceptors (Lipinski definition) is 3. The summed E-state index contributed by atoms with van der Waals surface area (Å²) in [7, 11) is 0. The van der Waals surface area contributed by atoms with Gasteiger partial charge in [0.25, 0.3) is 0 Å². The fraction of sp³-hybridized carbons (Fsp3) is 0. The van der Waals surface area contributed by atoms with Crippen LogP contribution in [0, 0.1) is 0 Å². The predicted molar refractivity (Wildman–Crippen MR) is 66.9 cm³/mol. The van der Waals surface area contributed by atoms with Crippen LogP contribution in [0.15, 0.2) is 30.5 Å². The first-order valence-electron chi connectivity index (χ1n) is 4.57. The average Bonchev–Trinajstić information content (AvgIpc) is 2.29. The van der Waals surface area contributed by atoms with E-state index in [-0.39, 0.29) is 21.8 Å². The maximum Gasteiger partial charge on any atom is 0.216 e. The van der Waals surface area contributed by atoms with Gasteiger partial charge in [-0.25, -0.2) is 9.97 Å². The third-order valence-corrected chi connectivity index (χ3v) is 2.81. The van der Waals surface area contributed by atoms with Gasteiger partial charge in [0.15, 0.2) is 5.15 Å². The van der Waals surface area contributed by atoms with Gasteiger partial charge >= 0.3 is 0 Å². The summed E-state index contributed by atoms with van der Waals surface area (Å²) >= 11 is 17.3. The van der Waals surface area contributed by atoms with Crippen LogP contribution in [0.1, 0.15) is 16.1 Å². The zero-order valence-corrected chi connectivity index (χ0v) is 10.6. The summed E-state index contributed by atoms with van der Waals surface area (Å²) in [5, 5.41) is 0.429. The molecule has 0 N–H and O–H groups in total. The average molecular weight is 288 g/mol. The minimum atomic E-state index is -0.384. The second-order valence-electron chi connectivity index (χ2n) is 3.14. The Bertz CT molecular complexity index is 587. The van der Waals surface area contributed by atoms with Crippen molar-refractivity contribution in [1.82, 2.24) is 9.97 Å². The zero-order valence-electron chi connectivity index (χ0n) is 8.32. The van der Waals surface area contributed by atoms with E-state index in [9.17, 15) is 4.79 Å². The first-order valence-corrected chi connectivity index (χ1v) is 5.70. The summed E-state index contributed by atoms with van der Waals surface area (Å²) in [5.41, 5.74) is 0.358. The minimum absolute atomic E-state index is 0.0316. The van der Waals surface area contributed by atoms with Gasteiger partial charge in [-0.15, -0.1) is 0 Å². The maximum absolute atomic E-state index is 12.1. The third kappa shape index (κ3) is 2.57. The fourth-order valence-corrected chi connectivity index (χ4v) is 1.90. The fourth-order valence-electron chi connectivity index (χ4n) is 1.27. The molecule has 0 atom stereocenters. The lowest BCUT2D eigenvalue weighted by Gasteiger charge is -2.03. The molecule has 0 amide bonds. The highest BCUT2D eigenvalue weighted by Gasteiger charge is 2.18.